The molecule has 2 heterocycles. The van der Waals surface area contributed by atoms with E-state index in [2.05, 4.69) is 22.3 Å². The molecule has 0 aliphatic carbocycles. The van der Waals surface area contributed by atoms with Gasteiger partial charge in [0.1, 0.15) is 12.7 Å². The highest BCUT2D eigenvalue weighted by Crippen LogP contribution is 2.22. The number of thioether (sulfide) groups is 1. The van der Waals surface area contributed by atoms with Crippen molar-refractivity contribution in [1.29, 1.82) is 0 Å². The predicted octanol–water partition coefficient (Wildman–Crippen LogP) is 2.30. The summed E-state index contributed by atoms with van der Waals surface area (Å²) in [7, 11) is 1.88. The lowest BCUT2D eigenvalue weighted by Gasteiger charge is -2.29. The highest BCUT2D eigenvalue weighted by atomic mass is 35.5. The minimum absolute atomic E-state index is 0. The second-order valence-electron chi connectivity index (χ2n) is 6.04. The molecular formula is C17H24ClN5OS. The zero-order valence-corrected chi connectivity index (χ0v) is 16.1. The van der Waals surface area contributed by atoms with Gasteiger partial charge in [-0.3, -0.25) is 4.79 Å². The van der Waals surface area contributed by atoms with E-state index in [0.29, 0.717) is 12.5 Å². The van der Waals surface area contributed by atoms with Crippen molar-refractivity contribution < 1.29 is 4.79 Å². The summed E-state index contributed by atoms with van der Waals surface area (Å²) in [5.41, 5.74) is 2.07. The first-order valence-electron chi connectivity index (χ1n) is 8.17. The van der Waals surface area contributed by atoms with E-state index < -0.39 is 0 Å². The quantitative estimate of drug-likeness (QED) is 0.861. The Balaban J connectivity index is 0.00000225. The minimum atomic E-state index is 0. The minimum Gasteiger partial charge on any atom is -0.339 e. The third-order valence-electron chi connectivity index (χ3n) is 4.45. The van der Waals surface area contributed by atoms with Crippen LogP contribution in [0.25, 0.3) is 5.69 Å². The molecule has 1 aliphatic heterocycles. The van der Waals surface area contributed by atoms with E-state index in [4.69, 9.17) is 0 Å². The average Bonchev–Trinajstić information content (AvgIpc) is 3.16. The number of hydrogen-bond acceptors (Lipinski definition) is 5. The monoisotopic (exact) mass is 381 g/mol. The number of carbonyl (C=O) groups is 1. The van der Waals surface area contributed by atoms with Gasteiger partial charge in [-0.2, -0.15) is 16.9 Å². The zero-order valence-electron chi connectivity index (χ0n) is 14.5. The molecule has 25 heavy (non-hydrogen) atoms. The first kappa shape index (κ1) is 19.8. The molecule has 0 bridgehead atoms. The fourth-order valence-corrected chi connectivity index (χ4v) is 3.74. The van der Waals surface area contributed by atoms with Crippen LogP contribution in [0.1, 0.15) is 24.9 Å². The summed E-state index contributed by atoms with van der Waals surface area (Å²) in [6.45, 7) is 3.05. The molecule has 136 valence electrons. The maximum Gasteiger partial charge on any atom is 0.224 e. The molecule has 0 radical (unpaired) electrons. The molecule has 2 aromatic rings. The SMILES string of the molecule is CC(c1ccc(-n2cncn2)cc1)N(C)C(=O)CC1CSCCN1.Cl. The number of halogens is 1. The van der Waals surface area contributed by atoms with Crippen LogP contribution < -0.4 is 5.32 Å². The molecule has 1 aliphatic rings. The van der Waals surface area contributed by atoms with Crippen LogP contribution in [0.5, 0.6) is 0 Å². The molecule has 0 saturated carbocycles. The number of carbonyl (C=O) groups excluding carboxylic acids is 1. The summed E-state index contributed by atoms with van der Waals surface area (Å²) in [6.07, 6.45) is 3.74. The highest BCUT2D eigenvalue weighted by Gasteiger charge is 2.22. The second-order valence-corrected chi connectivity index (χ2v) is 7.19. The summed E-state index contributed by atoms with van der Waals surface area (Å²) in [4.78, 5) is 18.3. The van der Waals surface area contributed by atoms with Gasteiger partial charge in [0.15, 0.2) is 0 Å². The molecule has 3 rings (SSSR count). The Hall–Kier alpha value is -1.57. The number of amides is 1. The van der Waals surface area contributed by atoms with Gasteiger partial charge in [-0.05, 0) is 24.6 Å². The van der Waals surface area contributed by atoms with Crippen molar-refractivity contribution in [2.45, 2.75) is 25.4 Å². The summed E-state index contributed by atoms with van der Waals surface area (Å²) in [5, 5.41) is 7.54. The summed E-state index contributed by atoms with van der Waals surface area (Å²) >= 11 is 1.92. The van der Waals surface area contributed by atoms with Crippen molar-refractivity contribution in [2.75, 3.05) is 25.1 Å². The zero-order chi connectivity index (χ0) is 16.9. The van der Waals surface area contributed by atoms with E-state index in [1.807, 2.05) is 48.0 Å². The summed E-state index contributed by atoms with van der Waals surface area (Å²) in [5.74, 6) is 2.33. The molecule has 1 saturated heterocycles. The number of rotatable bonds is 5. The third-order valence-corrected chi connectivity index (χ3v) is 5.58. The summed E-state index contributed by atoms with van der Waals surface area (Å²) < 4.78 is 1.72. The van der Waals surface area contributed by atoms with E-state index in [9.17, 15) is 4.79 Å². The lowest BCUT2D eigenvalue weighted by Crippen LogP contribution is -2.42. The molecule has 2 atom stereocenters. The smallest absolute Gasteiger partial charge is 0.224 e. The first-order chi connectivity index (χ1) is 11.6. The van der Waals surface area contributed by atoms with Gasteiger partial charge in [-0.1, -0.05) is 12.1 Å². The van der Waals surface area contributed by atoms with Gasteiger partial charge in [0.05, 0.1) is 11.7 Å². The molecular weight excluding hydrogens is 358 g/mol. The predicted molar refractivity (Wildman–Crippen MR) is 104 cm³/mol. The van der Waals surface area contributed by atoms with Crippen LogP contribution >= 0.6 is 24.2 Å². The van der Waals surface area contributed by atoms with Crippen molar-refractivity contribution in [1.82, 2.24) is 25.0 Å². The molecule has 1 amide bonds. The van der Waals surface area contributed by atoms with Crippen molar-refractivity contribution in [3.8, 4) is 5.69 Å². The molecule has 8 heteroatoms. The fourth-order valence-electron chi connectivity index (χ4n) is 2.79. The van der Waals surface area contributed by atoms with Gasteiger partial charge in [0.25, 0.3) is 0 Å². The van der Waals surface area contributed by atoms with Gasteiger partial charge in [-0.15, -0.1) is 12.4 Å². The molecule has 1 N–H and O–H groups in total. The number of hydrogen-bond donors (Lipinski definition) is 1. The van der Waals surface area contributed by atoms with Crippen LogP contribution in [0, 0.1) is 0 Å². The lowest BCUT2D eigenvalue weighted by molar-refractivity contribution is -0.132. The van der Waals surface area contributed by atoms with Crippen molar-refractivity contribution >= 4 is 30.1 Å². The highest BCUT2D eigenvalue weighted by molar-refractivity contribution is 7.99. The van der Waals surface area contributed by atoms with Crippen LogP contribution in [0.3, 0.4) is 0 Å². The van der Waals surface area contributed by atoms with Gasteiger partial charge in [-0.25, -0.2) is 9.67 Å². The standard InChI is InChI=1S/C17H23N5OS.ClH/c1-13(21(2)17(23)9-15-10-24-8-7-19-15)14-3-5-16(6-4-14)22-12-18-11-20-22;/h3-6,11-13,15,19H,7-10H2,1-2H3;1H. The Morgan fingerprint density at radius 2 is 2.20 bits per heavy atom. The molecule has 2 unspecified atom stereocenters. The van der Waals surface area contributed by atoms with Crippen molar-refractivity contribution in [2.24, 2.45) is 0 Å². The Bertz CT molecular complexity index is 658. The Morgan fingerprint density at radius 1 is 1.44 bits per heavy atom. The lowest BCUT2D eigenvalue weighted by atomic mass is 10.1. The van der Waals surface area contributed by atoms with E-state index in [-0.39, 0.29) is 24.4 Å². The van der Waals surface area contributed by atoms with E-state index in [1.165, 1.54) is 6.33 Å². The van der Waals surface area contributed by atoms with Crippen molar-refractivity contribution in [3.05, 3.63) is 42.5 Å². The first-order valence-corrected chi connectivity index (χ1v) is 9.32. The Morgan fingerprint density at radius 3 is 2.80 bits per heavy atom. The Labute approximate surface area is 158 Å². The Kier molecular flexibility index (Phi) is 7.28. The van der Waals surface area contributed by atoms with E-state index >= 15 is 0 Å². The third kappa shape index (κ3) is 4.96. The van der Waals surface area contributed by atoms with Crippen LogP contribution in [-0.2, 0) is 4.79 Å². The largest absolute Gasteiger partial charge is 0.339 e. The maximum atomic E-state index is 12.5. The van der Waals surface area contributed by atoms with Crippen LogP contribution in [0.15, 0.2) is 36.9 Å². The van der Waals surface area contributed by atoms with Crippen LogP contribution in [0.2, 0.25) is 0 Å². The average molecular weight is 382 g/mol. The van der Waals surface area contributed by atoms with Gasteiger partial charge in [0, 0.05) is 37.6 Å². The second kappa shape index (κ2) is 9.22. The topological polar surface area (TPSA) is 63.1 Å². The van der Waals surface area contributed by atoms with Gasteiger partial charge in [0.2, 0.25) is 5.91 Å². The number of benzene rings is 1. The summed E-state index contributed by atoms with van der Waals surface area (Å²) in [6, 6.07) is 8.41. The normalized spacial score (nSPS) is 18.2. The fraction of sp³-hybridized carbons (Fsp3) is 0.471. The van der Waals surface area contributed by atoms with Gasteiger partial charge >= 0.3 is 0 Å². The van der Waals surface area contributed by atoms with E-state index in [0.717, 1.165) is 29.3 Å². The number of aromatic nitrogens is 3. The molecule has 0 spiro atoms. The van der Waals surface area contributed by atoms with E-state index in [1.54, 1.807) is 11.0 Å². The molecule has 1 aromatic carbocycles. The molecule has 1 aromatic heterocycles. The number of nitrogens with one attached hydrogen (secondary N) is 1. The molecule has 1 fully saturated rings. The van der Waals surface area contributed by atoms with Crippen LogP contribution in [0.4, 0.5) is 0 Å². The molecule has 6 nitrogen and oxygen atoms in total. The van der Waals surface area contributed by atoms with Crippen LogP contribution in [-0.4, -0.2) is 56.7 Å². The number of nitrogens with zero attached hydrogens (tertiary/aromatic N) is 4. The van der Waals surface area contributed by atoms with Gasteiger partial charge < -0.3 is 10.2 Å². The maximum absolute atomic E-state index is 12.5. The van der Waals surface area contributed by atoms with Crippen molar-refractivity contribution in [3.63, 3.8) is 0 Å².